The number of rotatable bonds is 5. The second-order valence-corrected chi connectivity index (χ2v) is 3.88. The number of carbonyl (C=O) groups is 1. The van der Waals surface area contributed by atoms with Crippen molar-refractivity contribution in [1.29, 1.82) is 0 Å². The van der Waals surface area contributed by atoms with Crippen molar-refractivity contribution in [3.8, 4) is 0 Å². The minimum absolute atomic E-state index is 0.0497. The number of anilines is 1. The van der Waals surface area contributed by atoms with Gasteiger partial charge in [-0.3, -0.25) is 14.9 Å². The molecule has 0 fully saturated rings. The number of para-hydroxylation sites is 1. The van der Waals surface area contributed by atoms with Gasteiger partial charge in [0.25, 0.3) is 11.6 Å². The van der Waals surface area contributed by atoms with Crippen LogP contribution in [0.5, 0.6) is 0 Å². The van der Waals surface area contributed by atoms with Crippen LogP contribution >= 0.6 is 0 Å². The summed E-state index contributed by atoms with van der Waals surface area (Å²) in [6, 6.07) is 3.83. The Balaban J connectivity index is 2.93. The summed E-state index contributed by atoms with van der Waals surface area (Å²) >= 11 is 0. The summed E-state index contributed by atoms with van der Waals surface area (Å²) in [4.78, 5) is 21.9. The van der Waals surface area contributed by atoms with E-state index in [9.17, 15) is 14.9 Å². The van der Waals surface area contributed by atoms with Gasteiger partial charge in [0, 0.05) is 18.7 Å². The van der Waals surface area contributed by atoms with Crippen LogP contribution in [-0.2, 0) is 0 Å². The lowest BCUT2D eigenvalue weighted by Crippen LogP contribution is -2.33. The highest BCUT2D eigenvalue weighted by molar-refractivity contribution is 6.01. The van der Waals surface area contributed by atoms with E-state index in [1.165, 1.54) is 18.2 Å². The Morgan fingerprint density at radius 1 is 1.61 bits per heavy atom. The number of nitro benzene ring substituents is 1. The molecule has 1 amide bonds. The van der Waals surface area contributed by atoms with E-state index < -0.39 is 10.8 Å². The molecule has 0 aliphatic heterocycles. The van der Waals surface area contributed by atoms with Crippen molar-refractivity contribution in [3.63, 3.8) is 0 Å². The molecule has 0 radical (unpaired) electrons. The molecule has 1 aromatic rings. The van der Waals surface area contributed by atoms with Crippen molar-refractivity contribution < 1.29 is 14.8 Å². The quantitative estimate of drug-likeness (QED) is 0.405. The van der Waals surface area contributed by atoms with Gasteiger partial charge in [-0.2, -0.15) is 0 Å². The molecule has 0 bridgehead atoms. The number of aliphatic hydroxyl groups excluding tert-OH is 1. The van der Waals surface area contributed by atoms with Crippen LogP contribution in [0.15, 0.2) is 18.2 Å². The van der Waals surface area contributed by atoms with Gasteiger partial charge in [-0.25, -0.2) is 0 Å². The largest absolute Gasteiger partial charge is 0.396 e. The number of aliphatic hydroxyl groups is 1. The fourth-order valence-electron chi connectivity index (χ4n) is 1.48. The molecule has 0 spiro atoms. The van der Waals surface area contributed by atoms with E-state index in [1.807, 2.05) is 0 Å². The van der Waals surface area contributed by atoms with Crippen LogP contribution in [0.25, 0.3) is 0 Å². The van der Waals surface area contributed by atoms with Gasteiger partial charge in [0.1, 0.15) is 5.69 Å². The van der Waals surface area contributed by atoms with Gasteiger partial charge in [0.15, 0.2) is 0 Å². The average Bonchev–Trinajstić information content (AvgIpc) is 2.28. The van der Waals surface area contributed by atoms with E-state index in [-0.39, 0.29) is 29.6 Å². The van der Waals surface area contributed by atoms with Crippen LogP contribution in [0.2, 0.25) is 0 Å². The van der Waals surface area contributed by atoms with Crippen molar-refractivity contribution in [2.75, 3.05) is 12.3 Å². The fraction of sp³-hybridized carbons (Fsp3) is 0.364. The van der Waals surface area contributed by atoms with Crippen molar-refractivity contribution in [1.82, 2.24) is 5.32 Å². The Morgan fingerprint density at radius 3 is 2.83 bits per heavy atom. The number of nitrogen functional groups attached to an aromatic ring is 1. The van der Waals surface area contributed by atoms with Crippen LogP contribution < -0.4 is 11.1 Å². The normalized spacial score (nSPS) is 11.9. The van der Waals surface area contributed by atoms with Crippen LogP contribution in [0.3, 0.4) is 0 Å². The number of carbonyl (C=O) groups excluding carboxylic acids is 1. The average molecular weight is 253 g/mol. The molecule has 0 aliphatic carbocycles. The highest BCUT2D eigenvalue weighted by atomic mass is 16.6. The zero-order valence-electron chi connectivity index (χ0n) is 9.92. The number of hydrogen-bond donors (Lipinski definition) is 3. The highest BCUT2D eigenvalue weighted by Gasteiger charge is 2.19. The molecular weight excluding hydrogens is 238 g/mol. The molecule has 1 rings (SSSR count). The lowest BCUT2D eigenvalue weighted by Gasteiger charge is -2.13. The Labute approximate surface area is 104 Å². The number of amides is 1. The molecule has 98 valence electrons. The van der Waals surface area contributed by atoms with Gasteiger partial charge in [-0.05, 0) is 19.4 Å². The van der Waals surface area contributed by atoms with Crippen molar-refractivity contribution in [3.05, 3.63) is 33.9 Å². The van der Waals surface area contributed by atoms with Gasteiger partial charge >= 0.3 is 0 Å². The third-order valence-corrected chi connectivity index (χ3v) is 2.46. The summed E-state index contributed by atoms with van der Waals surface area (Å²) in [6.45, 7) is 1.67. The van der Waals surface area contributed by atoms with Crippen LogP contribution in [0, 0.1) is 10.1 Å². The summed E-state index contributed by atoms with van der Waals surface area (Å²) in [5, 5.41) is 22.0. The van der Waals surface area contributed by atoms with Crippen LogP contribution in [0.1, 0.15) is 23.7 Å². The van der Waals surface area contributed by atoms with Gasteiger partial charge < -0.3 is 16.2 Å². The number of nitrogens with zero attached hydrogens (tertiary/aromatic N) is 1. The van der Waals surface area contributed by atoms with E-state index in [0.29, 0.717) is 6.42 Å². The number of nitrogens with one attached hydrogen (secondary N) is 1. The van der Waals surface area contributed by atoms with E-state index >= 15 is 0 Å². The van der Waals surface area contributed by atoms with Crippen molar-refractivity contribution in [2.45, 2.75) is 19.4 Å². The second-order valence-electron chi connectivity index (χ2n) is 3.88. The maximum atomic E-state index is 11.8. The Morgan fingerprint density at radius 2 is 2.28 bits per heavy atom. The minimum Gasteiger partial charge on any atom is -0.396 e. The first-order chi connectivity index (χ1) is 8.47. The number of nitrogens with two attached hydrogens (primary N) is 1. The Bertz CT molecular complexity index is 462. The topological polar surface area (TPSA) is 118 Å². The van der Waals surface area contributed by atoms with Crippen molar-refractivity contribution >= 4 is 17.3 Å². The van der Waals surface area contributed by atoms with Gasteiger partial charge in [-0.1, -0.05) is 6.07 Å². The predicted octanol–water partition coefficient (Wildman–Crippen LogP) is 0.678. The van der Waals surface area contributed by atoms with E-state index in [2.05, 4.69) is 5.32 Å². The molecule has 4 N–H and O–H groups in total. The smallest absolute Gasteiger partial charge is 0.292 e. The zero-order chi connectivity index (χ0) is 13.7. The molecule has 0 aliphatic rings. The maximum absolute atomic E-state index is 11.8. The first kappa shape index (κ1) is 13.9. The van der Waals surface area contributed by atoms with E-state index in [0.717, 1.165) is 0 Å². The molecule has 0 aromatic heterocycles. The third-order valence-electron chi connectivity index (χ3n) is 2.46. The fourth-order valence-corrected chi connectivity index (χ4v) is 1.48. The molecular formula is C11H15N3O4. The zero-order valence-corrected chi connectivity index (χ0v) is 9.92. The van der Waals surface area contributed by atoms with E-state index in [1.54, 1.807) is 6.92 Å². The van der Waals surface area contributed by atoms with Crippen LogP contribution in [-0.4, -0.2) is 28.6 Å². The molecule has 0 saturated heterocycles. The maximum Gasteiger partial charge on any atom is 0.292 e. The Kier molecular flexibility index (Phi) is 4.61. The molecule has 1 atom stereocenters. The molecule has 7 heteroatoms. The highest BCUT2D eigenvalue weighted by Crippen LogP contribution is 2.24. The number of nitro groups is 1. The lowest BCUT2D eigenvalue weighted by molar-refractivity contribution is -0.383. The van der Waals surface area contributed by atoms with Gasteiger partial charge in [0.2, 0.25) is 0 Å². The molecule has 18 heavy (non-hydrogen) atoms. The van der Waals surface area contributed by atoms with Gasteiger partial charge in [-0.15, -0.1) is 0 Å². The molecule has 1 aromatic carbocycles. The Hall–Kier alpha value is -2.15. The second kappa shape index (κ2) is 5.97. The first-order valence-corrected chi connectivity index (χ1v) is 5.42. The minimum atomic E-state index is -0.636. The molecule has 1 unspecified atom stereocenters. The standard InChI is InChI=1S/C11H15N3O4/c1-7(5-6-15)13-11(16)8-3-2-4-9(10(8)12)14(17)18/h2-4,7,15H,5-6,12H2,1H3,(H,13,16). The summed E-state index contributed by atoms with van der Waals surface area (Å²) in [7, 11) is 0. The summed E-state index contributed by atoms with van der Waals surface area (Å²) < 4.78 is 0. The van der Waals surface area contributed by atoms with Crippen molar-refractivity contribution in [2.24, 2.45) is 0 Å². The summed E-state index contributed by atoms with van der Waals surface area (Å²) in [5.41, 5.74) is 5.20. The van der Waals surface area contributed by atoms with Crippen LogP contribution in [0.4, 0.5) is 11.4 Å². The number of benzene rings is 1. The van der Waals surface area contributed by atoms with Gasteiger partial charge in [0.05, 0.1) is 10.5 Å². The SMILES string of the molecule is CC(CCO)NC(=O)c1cccc([N+](=O)[O-])c1N. The predicted molar refractivity (Wildman–Crippen MR) is 66.1 cm³/mol. The molecule has 0 heterocycles. The summed E-state index contributed by atoms with van der Waals surface area (Å²) in [5.74, 6) is -0.489. The molecule has 7 nitrogen and oxygen atoms in total. The first-order valence-electron chi connectivity index (χ1n) is 5.42. The lowest BCUT2D eigenvalue weighted by atomic mass is 10.1. The number of hydrogen-bond acceptors (Lipinski definition) is 5. The van der Waals surface area contributed by atoms with E-state index in [4.69, 9.17) is 10.8 Å². The third kappa shape index (κ3) is 3.17. The monoisotopic (exact) mass is 253 g/mol. The molecule has 0 saturated carbocycles. The summed E-state index contributed by atoms with van der Waals surface area (Å²) in [6.07, 6.45) is 0.403.